The molecule has 0 saturated heterocycles. The molecule has 64 valence electrons. The average Bonchev–Trinajstić information content (AvgIpc) is 1.87. The maximum Gasteiger partial charge on any atom is 0.303 e. The van der Waals surface area contributed by atoms with Crippen molar-refractivity contribution in [2.75, 3.05) is 0 Å². The molecule has 0 aromatic rings. The molecular weight excluding hydrogens is 212 g/mol. The SMILES string of the molecule is O=PC(CCC(=O)O)N(Cl)Cl. The van der Waals surface area contributed by atoms with Gasteiger partial charge in [-0.1, -0.05) is 0 Å². The fourth-order valence-corrected chi connectivity index (χ4v) is 1.15. The number of hydrogen-bond acceptors (Lipinski definition) is 3. The van der Waals surface area contributed by atoms with Crippen molar-refractivity contribution in [2.45, 2.75) is 18.6 Å². The van der Waals surface area contributed by atoms with E-state index < -0.39 is 11.8 Å². The first-order chi connectivity index (χ1) is 5.07. The fourth-order valence-electron chi connectivity index (χ4n) is 0.439. The second-order valence-electron chi connectivity index (χ2n) is 1.78. The number of halogens is 2. The van der Waals surface area contributed by atoms with Gasteiger partial charge in [0.1, 0.15) is 5.78 Å². The lowest BCUT2D eigenvalue weighted by Crippen LogP contribution is -2.13. The Kier molecular flexibility index (Phi) is 5.78. The molecule has 0 aliphatic carbocycles. The van der Waals surface area contributed by atoms with Gasteiger partial charge in [0.15, 0.2) is 8.46 Å². The molecular formula is C4H6Cl2NO3P. The predicted molar refractivity (Wildman–Crippen MR) is 41.8 cm³/mol. The van der Waals surface area contributed by atoms with Gasteiger partial charge < -0.3 is 5.11 Å². The van der Waals surface area contributed by atoms with E-state index in [-0.39, 0.29) is 21.3 Å². The summed E-state index contributed by atoms with van der Waals surface area (Å²) in [6, 6.07) is 0. The van der Waals surface area contributed by atoms with Gasteiger partial charge in [-0.3, -0.25) is 9.36 Å². The van der Waals surface area contributed by atoms with Gasteiger partial charge in [0.05, 0.1) is 0 Å². The van der Waals surface area contributed by atoms with Crippen LogP contribution < -0.4 is 0 Å². The molecule has 4 nitrogen and oxygen atoms in total. The molecule has 0 spiro atoms. The van der Waals surface area contributed by atoms with Crippen LogP contribution in [0.3, 0.4) is 0 Å². The molecule has 0 aromatic carbocycles. The zero-order valence-electron chi connectivity index (χ0n) is 5.41. The Balaban J connectivity index is 3.69. The Morgan fingerprint density at radius 2 is 2.18 bits per heavy atom. The van der Waals surface area contributed by atoms with Crippen molar-refractivity contribution in [1.29, 1.82) is 0 Å². The van der Waals surface area contributed by atoms with Crippen molar-refractivity contribution in [2.24, 2.45) is 0 Å². The normalized spacial score (nSPS) is 13.7. The molecule has 0 aliphatic heterocycles. The number of nitrogens with zero attached hydrogens (tertiary/aromatic N) is 1. The highest BCUT2D eigenvalue weighted by Crippen LogP contribution is 2.21. The van der Waals surface area contributed by atoms with Gasteiger partial charge in [-0.05, 0) is 30.0 Å². The van der Waals surface area contributed by atoms with E-state index in [1.54, 1.807) is 0 Å². The molecule has 0 bridgehead atoms. The first kappa shape index (κ1) is 11.1. The molecule has 7 heteroatoms. The fraction of sp³-hybridized carbons (Fsp3) is 0.750. The van der Waals surface area contributed by atoms with Gasteiger partial charge in [0, 0.05) is 6.42 Å². The molecule has 0 amide bonds. The van der Waals surface area contributed by atoms with Crippen LogP contribution >= 0.6 is 32.0 Å². The van der Waals surface area contributed by atoms with E-state index in [1.807, 2.05) is 0 Å². The highest BCUT2D eigenvalue weighted by Gasteiger charge is 2.16. The summed E-state index contributed by atoms with van der Waals surface area (Å²) < 4.78 is 10.9. The number of carboxylic acid groups (broad SMARTS) is 1. The van der Waals surface area contributed by atoms with E-state index in [9.17, 15) is 9.36 Å². The standard InChI is InChI=1S/C4H6Cl2NO3P/c5-7(6)3(11-10)1-2-4(8)9/h3H,1-2H2,(H,8,9). The van der Waals surface area contributed by atoms with Gasteiger partial charge in [-0.25, -0.2) is 0 Å². The third-order valence-electron chi connectivity index (χ3n) is 0.963. The van der Waals surface area contributed by atoms with Crippen molar-refractivity contribution < 1.29 is 14.5 Å². The molecule has 1 unspecified atom stereocenters. The number of rotatable bonds is 5. The van der Waals surface area contributed by atoms with Crippen LogP contribution in [0.25, 0.3) is 0 Å². The van der Waals surface area contributed by atoms with Crippen molar-refractivity contribution >= 4 is 38.0 Å². The number of carboxylic acids is 1. The van der Waals surface area contributed by atoms with Crippen LogP contribution in [0.5, 0.6) is 0 Å². The zero-order chi connectivity index (χ0) is 8.85. The molecule has 0 saturated carbocycles. The lowest BCUT2D eigenvalue weighted by molar-refractivity contribution is -0.137. The highest BCUT2D eigenvalue weighted by molar-refractivity contribution is 7.24. The van der Waals surface area contributed by atoms with Crippen LogP contribution in [0.4, 0.5) is 0 Å². The average molecular weight is 218 g/mol. The summed E-state index contributed by atoms with van der Waals surface area (Å²) in [5, 5.41) is 8.23. The van der Waals surface area contributed by atoms with Gasteiger partial charge in [-0.2, -0.15) is 0 Å². The Labute approximate surface area is 75.5 Å². The summed E-state index contributed by atoms with van der Waals surface area (Å²) in [5.41, 5.74) is 0. The van der Waals surface area contributed by atoms with E-state index in [4.69, 9.17) is 28.7 Å². The Morgan fingerprint density at radius 3 is 2.45 bits per heavy atom. The van der Waals surface area contributed by atoms with E-state index in [0.717, 1.165) is 0 Å². The summed E-state index contributed by atoms with van der Waals surface area (Å²) in [4.78, 5) is 10.0. The van der Waals surface area contributed by atoms with Crippen molar-refractivity contribution in [1.82, 2.24) is 3.94 Å². The molecule has 0 aromatic heterocycles. The molecule has 0 fully saturated rings. The first-order valence-electron chi connectivity index (χ1n) is 2.73. The molecule has 0 heterocycles. The smallest absolute Gasteiger partial charge is 0.303 e. The second-order valence-corrected chi connectivity index (χ2v) is 3.49. The molecule has 11 heavy (non-hydrogen) atoms. The maximum atomic E-state index is 10.3. The van der Waals surface area contributed by atoms with E-state index in [0.29, 0.717) is 3.94 Å². The van der Waals surface area contributed by atoms with Crippen LogP contribution in [0.1, 0.15) is 12.8 Å². The Bertz CT molecular complexity index is 154. The summed E-state index contributed by atoms with van der Waals surface area (Å²) in [6.07, 6.45) is 0.0588. The Morgan fingerprint density at radius 1 is 1.64 bits per heavy atom. The van der Waals surface area contributed by atoms with Crippen molar-refractivity contribution in [3.63, 3.8) is 0 Å². The summed E-state index contributed by atoms with van der Waals surface area (Å²) in [7, 11) is -0.277. The maximum absolute atomic E-state index is 10.3. The summed E-state index contributed by atoms with van der Waals surface area (Å²) in [6.45, 7) is 0. The van der Waals surface area contributed by atoms with Crippen molar-refractivity contribution in [3.8, 4) is 0 Å². The van der Waals surface area contributed by atoms with Gasteiger partial charge in [0.2, 0.25) is 0 Å². The predicted octanol–water partition coefficient (Wildman–Crippen LogP) is 2.08. The van der Waals surface area contributed by atoms with E-state index in [1.165, 1.54) is 0 Å². The largest absolute Gasteiger partial charge is 0.481 e. The van der Waals surface area contributed by atoms with E-state index >= 15 is 0 Å². The van der Waals surface area contributed by atoms with E-state index in [2.05, 4.69) is 0 Å². The minimum atomic E-state index is -0.964. The molecule has 0 aliphatic rings. The highest BCUT2D eigenvalue weighted by atomic mass is 35.5. The molecule has 1 atom stereocenters. The number of hydrogen-bond donors (Lipinski definition) is 1. The van der Waals surface area contributed by atoms with Crippen LogP contribution in [0, 0.1) is 0 Å². The van der Waals surface area contributed by atoms with Gasteiger partial charge in [-0.15, -0.1) is 3.94 Å². The van der Waals surface area contributed by atoms with Crippen LogP contribution in [0.15, 0.2) is 0 Å². The topological polar surface area (TPSA) is 57.6 Å². The third kappa shape index (κ3) is 5.39. The lowest BCUT2D eigenvalue weighted by Gasteiger charge is -2.09. The minimum Gasteiger partial charge on any atom is -0.481 e. The molecule has 0 rings (SSSR count). The van der Waals surface area contributed by atoms with Crippen molar-refractivity contribution in [3.05, 3.63) is 0 Å². The number of aliphatic carboxylic acids is 1. The lowest BCUT2D eigenvalue weighted by atomic mass is 10.3. The van der Waals surface area contributed by atoms with Gasteiger partial charge >= 0.3 is 5.97 Å². The monoisotopic (exact) mass is 217 g/mol. The Hall–Kier alpha value is 0.110. The summed E-state index contributed by atoms with van der Waals surface area (Å²) >= 11 is 10.5. The third-order valence-corrected chi connectivity index (χ3v) is 2.44. The number of carbonyl (C=O) groups is 1. The molecule has 1 N–H and O–H groups in total. The minimum absolute atomic E-state index is 0.101. The van der Waals surface area contributed by atoms with Gasteiger partial charge in [0.25, 0.3) is 0 Å². The molecule has 0 radical (unpaired) electrons. The zero-order valence-corrected chi connectivity index (χ0v) is 7.81. The quantitative estimate of drug-likeness (QED) is 0.566. The van der Waals surface area contributed by atoms with Crippen LogP contribution in [0.2, 0.25) is 0 Å². The van der Waals surface area contributed by atoms with Crippen LogP contribution in [-0.2, 0) is 9.36 Å². The summed E-state index contributed by atoms with van der Waals surface area (Å²) in [5.74, 6) is -1.61. The first-order valence-corrected chi connectivity index (χ1v) is 4.28. The second kappa shape index (κ2) is 5.72. The van der Waals surface area contributed by atoms with Crippen LogP contribution in [-0.4, -0.2) is 20.8 Å².